The quantitative estimate of drug-likeness (QED) is 0.160. The van der Waals surface area contributed by atoms with Crippen molar-refractivity contribution >= 4 is 51.3 Å². The van der Waals surface area contributed by atoms with Gasteiger partial charge in [0, 0.05) is 0 Å². The van der Waals surface area contributed by atoms with Gasteiger partial charge >= 0.3 is 0 Å². The van der Waals surface area contributed by atoms with Crippen molar-refractivity contribution in [2.75, 3.05) is 13.1 Å². The Bertz CT molecular complexity index is 1780. The summed E-state index contributed by atoms with van der Waals surface area (Å²) in [6.07, 6.45) is 0. The second-order valence-corrected chi connectivity index (χ2v) is 11.3. The van der Waals surface area contributed by atoms with Crippen LogP contribution in [0, 0.1) is 22.7 Å². The van der Waals surface area contributed by atoms with Crippen LogP contribution in [-0.2, 0) is 31.4 Å². The third kappa shape index (κ3) is 9.09. The zero-order chi connectivity index (χ0) is 31.5. The van der Waals surface area contributed by atoms with E-state index < -0.39 is 28.1 Å². The number of carbonyl (C=O) groups is 1. The predicted octanol–water partition coefficient (Wildman–Crippen LogP) is 5.68. The monoisotopic (exact) mass is 670 g/mol. The number of ether oxygens (including phenoxy) is 2. The normalized spacial score (nSPS) is 11.9. The minimum Gasteiger partial charge on any atom is -0.456 e. The highest BCUT2D eigenvalue weighted by atomic mass is 35.5. The number of benzene rings is 4. The summed E-state index contributed by atoms with van der Waals surface area (Å²) in [6, 6.07) is 25.8. The lowest BCUT2D eigenvalue weighted by Crippen LogP contribution is -2.34. The van der Waals surface area contributed by atoms with Crippen LogP contribution in [0.25, 0.3) is 0 Å². The molecule has 0 fully saturated rings. The van der Waals surface area contributed by atoms with E-state index in [1.54, 1.807) is 48.5 Å². The highest BCUT2D eigenvalue weighted by Crippen LogP contribution is 2.31. The SMILES string of the molecule is N#Cc1c(Cl)cccc1Oc1ccc(OS(=O)NCC(=O)CNOS(=O)c2ccc(Oc3cccc(Cl)c3C#N)cc2)cc1. The fourth-order valence-electron chi connectivity index (χ4n) is 3.36. The standard InChI is InChI=1S/C29H20Cl2N4O7S2/c30-26-3-1-5-28(24(26)15-32)39-20-7-9-22(10-8-20)41-44(38)35-18-19(36)17-34-42-43(37)23-13-11-21(12-14-23)40-29-6-2-4-27(31)25(29)16-33/h1-14,34-35H,17-18H2. The molecule has 2 unspecified atom stereocenters. The number of nitriles is 2. The summed E-state index contributed by atoms with van der Waals surface area (Å²) in [5.74, 6) is 1.12. The van der Waals surface area contributed by atoms with Crippen LogP contribution in [0.5, 0.6) is 28.7 Å². The van der Waals surface area contributed by atoms with E-state index in [0.717, 1.165) is 0 Å². The molecule has 0 aliphatic carbocycles. The first-order valence-corrected chi connectivity index (χ1v) is 15.3. The third-order valence-electron chi connectivity index (χ3n) is 5.43. The molecule has 4 aromatic carbocycles. The van der Waals surface area contributed by atoms with Crippen molar-refractivity contribution in [1.82, 2.24) is 10.2 Å². The first kappa shape index (κ1) is 32.6. The highest BCUT2D eigenvalue weighted by Gasteiger charge is 2.13. The van der Waals surface area contributed by atoms with Crippen molar-refractivity contribution in [1.29, 1.82) is 10.5 Å². The van der Waals surface area contributed by atoms with Gasteiger partial charge in [0.25, 0.3) is 11.3 Å². The van der Waals surface area contributed by atoms with E-state index in [2.05, 4.69) is 10.2 Å². The van der Waals surface area contributed by atoms with Crippen LogP contribution in [0.15, 0.2) is 89.8 Å². The minimum atomic E-state index is -2.05. The fourth-order valence-corrected chi connectivity index (χ4v) is 5.02. The van der Waals surface area contributed by atoms with Crippen molar-refractivity contribution in [3.05, 3.63) is 106 Å². The van der Waals surface area contributed by atoms with E-state index >= 15 is 0 Å². The topological polar surface area (TPSA) is 160 Å². The van der Waals surface area contributed by atoms with E-state index in [-0.39, 0.29) is 56.4 Å². The molecule has 0 spiro atoms. The Labute approximate surface area is 267 Å². The van der Waals surface area contributed by atoms with Gasteiger partial charge in [-0.15, -0.1) is 0 Å². The molecule has 0 amide bonds. The average molecular weight is 672 g/mol. The Morgan fingerprint density at radius 1 is 0.727 bits per heavy atom. The zero-order valence-corrected chi connectivity index (χ0v) is 25.5. The van der Waals surface area contributed by atoms with Crippen molar-refractivity contribution in [3.8, 4) is 40.9 Å². The van der Waals surface area contributed by atoms with Gasteiger partial charge in [0.1, 0.15) is 52.0 Å². The molecule has 0 saturated carbocycles. The van der Waals surface area contributed by atoms with E-state index in [9.17, 15) is 23.7 Å². The smallest absolute Gasteiger partial charge is 0.288 e. The number of hydrogen-bond acceptors (Lipinski definition) is 10. The maximum atomic E-state index is 12.4. The molecule has 0 aliphatic heterocycles. The van der Waals surface area contributed by atoms with Crippen LogP contribution in [0.1, 0.15) is 11.1 Å². The molecular formula is C29H20Cl2N4O7S2. The first-order valence-electron chi connectivity index (χ1n) is 12.4. The van der Waals surface area contributed by atoms with Gasteiger partial charge in [0.05, 0.1) is 28.0 Å². The number of ketones is 1. The van der Waals surface area contributed by atoms with Crippen molar-refractivity contribution in [2.24, 2.45) is 0 Å². The number of nitrogens with zero attached hydrogens (tertiary/aromatic N) is 2. The molecule has 2 N–H and O–H groups in total. The number of carbonyl (C=O) groups excluding carboxylic acids is 1. The number of hydroxylamine groups is 1. The molecule has 2 atom stereocenters. The molecule has 0 aromatic heterocycles. The number of nitrogens with one attached hydrogen (secondary N) is 2. The molecule has 0 heterocycles. The van der Waals surface area contributed by atoms with E-state index in [4.69, 9.17) is 41.1 Å². The highest BCUT2D eigenvalue weighted by molar-refractivity contribution is 7.80. The second-order valence-electron chi connectivity index (χ2n) is 8.41. The summed E-state index contributed by atoms with van der Waals surface area (Å²) in [4.78, 5) is 12.4. The zero-order valence-electron chi connectivity index (χ0n) is 22.3. The Hall–Kier alpha value is -4.31. The average Bonchev–Trinajstić information content (AvgIpc) is 3.01. The van der Waals surface area contributed by atoms with Crippen LogP contribution in [0.3, 0.4) is 0 Å². The van der Waals surface area contributed by atoms with Crippen molar-refractivity contribution in [2.45, 2.75) is 4.90 Å². The minimum absolute atomic E-state index is 0.190. The number of hydrogen-bond donors (Lipinski definition) is 2. The number of Topliss-reactive ketones (excluding diaryl/α,β-unsaturated/α-hetero) is 1. The molecular weight excluding hydrogens is 651 g/mol. The van der Waals surface area contributed by atoms with Gasteiger partial charge in [-0.25, -0.2) is 4.21 Å². The lowest BCUT2D eigenvalue weighted by Gasteiger charge is -2.10. The Morgan fingerprint density at radius 2 is 1.23 bits per heavy atom. The number of rotatable bonds is 14. The van der Waals surface area contributed by atoms with E-state index in [1.807, 2.05) is 12.1 Å². The molecule has 0 aliphatic rings. The van der Waals surface area contributed by atoms with Gasteiger partial charge in [-0.05, 0) is 72.8 Å². The third-order valence-corrected chi connectivity index (χ3v) is 7.71. The molecule has 44 heavy (non-hydrogen) atoms. The van der Waals surface area contributed by atoms with Crippen LogP contribution in [-0.4, -0.2) is 27.3 Å². The Morgan fingerprint density at radius 3 is 1.75 bits per heavy atom. The van der Waals surface area contributed by atoms with Gasteiger partial charge in [-0.3, -0.25) is 4.79 Å². The first-order chi connectivity index (χ1) is 21.3. The van der Waals surface area contributed by atoms with Crippen molar-refractivity contribution < 1.29 is 31.2 Å². The predicted molar refractivity (Wildman–Crippen MR) is 163 cm³/mol. The molecule has 4 rings (SSSR count). The number of halogens is 2. The fraction of sp³-hybridized carbons (Fsp3) is 0.0690. The Kier molecular flexibility index (Phi) is 11.8. The lowest BCUT2D eigenvalue weighted by molar-refractivity contribution is -0.118. The molecule has 15 heteroatoms. The lowest BCUT2D eigenvalue weighted by atomic mass is 10.2. The molecule has 0 radical (unpaired) electrons. The molecule has 0 bridgehead atoms. The van der Waals surface area contributed by atoms with E-state index in [1.165, 1.54) is 36.4 Å². The maximum absolute atomic E-state index is 12.4. The van der Waals surface area contributed by atoms with Crippen LogP contribution in [0.4, 0.5) is 0 Å². The van der Waals surface area contributed by atoms with Gasteiger partial charge in [0.15, 0.2) is 5.78 Å². The maximum Gasteiger partial charge on any atom is 0.288 e. The second kappa shape index (κ2) is 16.0. The van der Waals surface area contributed by atoms with Gasteiger partial charge in [0.2, 0.25) is 11.1 Å². The summed E-state index contributed by atoms with van der Waals surface area (Å²) in [7, 11) is 0. The summed E-state index contributed by atoms with van der Waals surface area (Å²) < 4.78 is 48.6. The van der Waals surface area contributed by atoms with Gasteiger partial charge in [-0.2, -0.15) is 29.2 Å². The van der Waals surface area contributed by atoms with Crippen LogP contribution < -0.4 is 23.9 Å². The molecule has 11 nitrogen and oxygen atoms in total. The van der Waals surface area contributed by atoms with Crippen LogP contribution >= 0.6 is 23.2 Å². The summed E-state index contributed by atoms with van der Waals surface area (Å²) in [5, 5.41) is 19.0. The van der Waals surface area contributed by atoms with Crippen molar-refractivity contribution in [3.63, 3.8) is 0 Å². The Balaban J connectivity index is 1.17. The molecule has 4 aromatic rings. The summed E-state index contributed by atoms with van der Waals surface area (Å²) in [6.45, 7) is -0.661. The summed E-state index contributed by atoms with van der Waals surface area (Å²) in [5.41, 5.74) is 2.70. The molecule has 224 valence electrons. The largest absolute Gasteiger partial charge is 0.456 e. The van der Waals surface area contributed by atoms with Crippen LogP contribution in [0.2, 0.25) is 10.0 Å². The van der Waals surface area contributed by atoms with E-state index in [0.29, 0.717) is 11.5 Å². The summed E-state index contributed by atoms with van der Waals surface area (Å²) >= 11 is 8.02. The van der Waals surface area contributed by atoms with Gasteiger partial charge in [-0.1, -0.05) is 35.3 Å². The molecule has 0 saturated heterocycles. The van der Waals surface area contributed by atoms with Gasteiger partial charge < -0.3 is 13.7 Å².